The quantitative estimate of drug-likeness (QED) is 0.533. The molecule has 1 N–H and O–H groups in total. The molecule has 0 aromatic heterocycles. The van der Waals surface area contributed by atoms with Crippen molar-refractivity contribution in [2.75, 3.05) is 13.7 Å². The van der Waals surface area contributed by atoms with Crippen molar-refractivity contribution in [3.8, 4) is 5.75 Å². The third kappa shape index (κ3) is 6.78. The molecule has 0 saturated heterocycles. The summed E-state index contributed by atoms with van der Waals surface area (Å²) in [6.07, 6.45) is 6.25. The number of amides is 1. The Labute approximate surface area is 171 Å². The molecule has 1 heterocycles. The number of nitrogens with one attached hydrogen (secondary N) is 1. The number of rotatable bonds is 8. The van der Waals surface area contributed by atoms with E-state index in [1.807, 2.05) is 19.3 Å². The molecule has 0 saturated carbocycles. The molecule has 1 aliphatic rings. The fourth-order valence-electron chi connectivity index (χ4n) is 2.69. The second-order valence-corrected chi connectivity index (χ2v) is 7.11. The van der Waals surface area contributed by atoms with Crippen LogP contribution in [0.2, 0.25) is 0 Å². The molecule has 0 aliphatic carbocycles. The minimum Gasteiger partial charge on any atom is -0.464 e. The van der Waals surface area contributed by atoms with Gasteiger partial charge in [0.15, 0.2) is 0 Å². The van der Waals surface area contributed by atoms with Gasteiger partial charge in [0.2, 0.25) is 5.91 Å². The van der Waals surface area contributed by atoms with Gasteiger partial charge in [-0.1, -0.05) is 32.1 Å². The van der Waals surface area contributed by atoms with E-state index in [0.29, 0.717) is 17.7 Å². The monoisotopic (exact) mass is 400 g/mol. The van der Waals surface area contributed by atoms with Gasteiger partial charge in [-0.25, -0.2) is 4.79 Å². The Balaban J connectivity index is 2.07. The Bertz CT molecular complexity index is 796. The number of carbonyl (C=O) groups excluding carboxylic acids is 3. The first-order valence-corrected chi connectivity index (χ1v) is 9.67. The van der Waals surface area contributed by atoms with Crippen molar-refractivity contribution in [3.05, 3.63) is 53.9 Å². The van der Waals surface area contributed by atoms with Crippen LogP contribution in [-0.4, -0.2) is 42.4 Å². The molecule has 0 radical (unpaired) electrons. The van der Waals surface area contributed by atoms with E-state index in [1.165, 1.54) is 0 Å². The number of ether oxygens (including phenoxy) is 2. The van der Waals surface area contributed by atoms with Gasteiger partial charge in [-0.15, -0.1) is 0 Å². The van der Waals surface area contributed by atoms with Crippen molar-refractivity contribution in [1.82, 2.24) is 10.2 Å². The number of nitrogens with zero attached hydrogens (tertiary/aromatic N) is 1. The third-order valence-electron chi connectivity index (χ3n) is 4.26. The van der Waals surface area contributed by atoms with E-state index in [9.17, 15) is 14.4 Å². The van der Waals surface area contributed by atoms with Crippen molar-refractivity contribution < 1.29 is 23.9 Å². The summed E-state index contributed by atoms with van der Waals surface area (Å²) in [4.78, 5) is 38.4. The normalized spacial score (nSPS) is 14.2. The molecule has 1 atom stereocenters. The lowest BCUT2D eigenvalue weighted by molar-refractivity contribution is -0.147. The van der Waals surface area contributed by atoms with Crippen LogP contribution in [0.15, 0.2) is 48.3 Å². The maximum Gasteiger partial charge on any atom is 0.328 e. The second kappa shape index (κ2) is 10.5. The number of allylic oxidation sites excluding steroid dienone is 1. The predicted molar refractivity (Wildman–Crippen MR) is 109 cm³/mol. The fraction of sp³-hybridized carbons (Fsp3) is 0.409. The smallest absolute Gasteiger partial charge is 0.328 e. The summed E-state index contributed by atoms with van der Waals surface area (Å²) in [6, 6.07) is 6.05. The molecule has 156 valence electrons. The molecule has 2 rings (SSSR count). The highest BCUT2D eigenvalue weighted by atomic mass is 16.5. The van der Waals surface area contributed by atoms with Gasteiger partial charge in [0, 0.05) is 25.2 Å². The average Bonchev–Trinajstić information content (AvgIpc) is 2.68. The summed E-state index contributed by atoms with van der Waals surface area (Å²) in [5.74, 6) is -0.889. The SMILES string of the molecule is CCOC(=O)C(Cc1ccc(OC(=O)C(C)C)cc1)NC(=O)C1=CN(C)C=CC1. The van der Waals surface area contributed by atoms with Crippen LogP contribution in [0.4, 0.5) is 0 Å². The van der Waals surface area contributed by atoms with Crippen LogP contribution in [0, 0.1) is 5.92 Å². The van der Waals surface area contributed by atoms with Crippen LogP contribution in [0.25, 0.3) is 0 Å². The summed E-state index contributed by atoms with van der Waals surface area (Å²) in [5, 5.41) is 2.77. The van der Waals surface area contributed by atoms with E-state index in [1.54, 1.807) is 56.1 Å². The minimum absolute atomic E-state index is 0.221. The zero-order valence-corrected chi connectivity index (χ0v) is 17.3. The maximum atomic E-state index is 12.6. The van der Waals surface area contributed by atoms with Crippen molar-refractivity contribution in [2.45, 2.75) is 39.7 Å². The maximum absolute atomic E-state index is 12.6. The van der Waals surface area contributed by atoms with Crippen LogP contribution in [0.1, 0.15) is 32.8 Å². The van der Waals surface area contributed by atoms with E-state index in [0.717, 1.165) is 5.56 Å². The standard InChI is InChI=1S/C22H28N2O5/c1-5-28-22(27)19(23-20(25)17-7-6-12-24(4)14-17)13-16-8-10-18(11-9-16)29-21(26)15(2)3/h6,8-12,14-15,19H,5,7,13H2,1-4H3,(H,23,25). The first kappa shape index (κ1) is 22.2. The number of hydrogen-bond donors (Lipinski definition) is 1. The summed E-state index contributed by atoms with van der Waals surface area (Å²) >= 11 is 0. The molecular formula is C22H28N2O5. The van der Waals surface area contributed by atoms with Gasteiger partial charge in [-0.3, -0.25) is 9.59 Å². The second-order valence-electron chi connectivity index (χ2n) is 7.11. The lowest BCUT2D eigenvalue weighted by Crippen LogP contribution is -2.44. The van der Waals surface area contributed by atoms with Crippen LogP contribution in [0.5, 0.6) is 5.75 Å². The predicted octanol–water partition coefficient (Wildman–Crippen LogP) is 2.57. The molecule has 0 bridgehead atoms. The lowest BCUT2D eigenvalue weighted by Gasteiger charge is -2.21. The van der Waals surface area contributed by atoms with Crippen molar-refractivity contribution in [2.24, 2.45) is 5.92 Å². The number of carbonyl (C=O) groups is 3. The van der Waals surface area contributed by atoms with Gasteiger partial charge in [0.1, 0.15) is 11.8 Å². The Hall–Kier alpha value is -3.09. The Kier molecular flexibility index (Phi) is 8.00. The first-order valence-electron chi connectivity index (χ1n) is 9.67. The van der Waals surface area contributed by atoms with Crippen molar-refractivity contribution in [3.63, 3.8) is 0 Å². The highest BCUT2D eigenvalue weighted by Gasteiger charge is 2.24. The third-order valence-corrected chi connectivity index (χ3v) is 4.26. The van der Waals surface area contributed by atoms with Crippen LogP contribution in [-0.2, 0) is 25.5 Å². The first-order chi connectivity index (χ1) is 13.8. The molecule has 0 spiro atoms. The van der Waals surface area contributed by atoms with Crippen molar-refractivity contribution >= 4 is 17.8 Å². The van der Waals surface area contributed by atoms with E-state index < -0.39 is 12.0 Å². The van der Waals surface area contributed by atoms with Crippen molar-refractivity contribution in [1.29, 1.82) is 0 Å². The topological polar surface area (TPSA) is 84.9 Å². The molecule has 1 unspecified atom stereocenters. The highest BCUT2D eigenvalue weighted by molar-refractivity contribution is 5.96. The number of esters is 2. The van der Waals surface area contributed by atoms with Gasteiger partial charge >= 0.3 is 11.9 Å². The number of benzene rings is 1. The summed E-state index contributed by atoms with van der Waals surface area (Å²) in [5.41, 5.74) is 1.38. The molecule has 1 amide bonds. The molecular weight excluding hydrogens is 372 g/mol. The molecule has 1 aliphatic heterocycles. The minimum atomic E-state index is -0.816. The van der Waals surface area contributed by atoms with Crippen LogP contribution >= 0.6 is 0 Å². The molecule has 1 aromatic rings. The van der Waals surface area contributed by atoms with E-state index >= 15 is 0 Å². The van der Waals surface area contributed by atoms with Crippen LogP contribution in [0.3, 0.4) is 0 Å². The Morgan fingerprint density at radius 3 is 2.41 bits per heavy atom. The molecule has 29 heavy (non-hydrogen) atoms. The molecule has 7 heteroatoms. The largest absolute Gasteiger partial charge is 0.464 e. The van der Waals surface area contributed by atoms with Gasteiger partial charge in [0.25, 0.3) is 0 Å². The van der Waals surface area contributed by atoms with Gasteiger partial charge in [-0.2, -0.15) is 0 Å². The Morgan fingerprint density at radius 2 is 1.83 bits per heavy atom. The van der Waals surface area contributed by atoms with Gasteiger partial charge < -0.3 is 19.7 Å². The average molecular weight is 400 g/mol. The molecule has 1 aromatic carbocycles. The van der Waals surface area contributed by atoms with E-state index in [-0.39, 0.29) is 30.8 Å². The lowest BCUT2D eigenvalue weighted by atomic mass is 10.0. The van der Waals surface area contributed by atoms with Gasteiger partial charge in [-0.05, 0) is 37.2 Å². The summed E-state index contributed by atoms with van der Waals surface area (Å²) < 4.78 is 10.4. The van der Waals surface area contributed by atoms with E-state index in [4.69, 9.17) is 9.47 Å². The molecule has 7 nitrogen and oxygen atoms in total. The van der Waals surface area contributed by atoms with Gasteiger partial charge in [0.05, 0.1) is 12.5 Å². The summed E-state index contributed by atoms with van der Waals surface area (Å²) in [6.45, 7) is 5.47. The van der Waals surface area contributed by atoms with Crippen LogP contribution < -0.4 is 10.1 Å². The zero-order valence-electron chi connectivity index (χ0n) is 17.3. The summed E-state index contributed by atoms with van der Waals surface area (Å²) in [7, 11) is 1.83. The molecule has 0 fully saturated rings. The highest BCUT2D eigenvalue weighted by Crippen LogP contribution is 2.16. The zero-order chi connectivity index (χ0) is 21.4. The number of hydrogen-bond acceptors (Lipinski definition) is 6. The Morgan fingerprint density at radius 1 is 1.14 bits per heavy atom. The van der Waals surface area contributed by atoms with E-state index in [2.05, 4.69) is 5.32 Å². The fourth-order valence-corrected chi connectivity index (χ4v) is 2.69.